The zero-order valence-electron chi connectivity index (χ0n) is 16.1. The maximum Gasteiger partial charge on any atom is 0.258 e. The molecule has 4 aromatic rings. The first-order valence-electron chi connectivity index (χ1n) is 8.92. The van der Waals surface area contributed by atoms with Gasteiger partial charge in [0.1, 0.15) is 5.75 Å². The van der Waals surface area contributed by atoms with Gasteiger partial charge in [-0.3, -0.25) is 4.68 Å². The molecule has 4 rings (SSSR count). The van der Waals surface area contributed by atoms with Crippen LogP contribution in [0, 0.1) is 13.8 Å². The number of ether oxygens (including phenoxy) is 1. The molecule has 0 aliphatic heterocycles. The number of rotatable bonds is 5. The molecule has 0 aliphatic carbocycles. The van der Waals surface area contributed by atoms with Gasteiger partial charge in [-0.1, -0.05) is 28.9 Å². The lowest BCUT2D eigenvalue weighted by molar-refractivity contribution is 0.413. The molecule has 0 N–H and O–H groups in total. The Morgan fingerprint density at radius 1 is 1.17 bits per heavy atom. The molecule has 0 saturated carbocycles. The summed E-state index contributed by atoms with van der Waals surface area (Å²) < 4.78 is 13.9. The summed E-state index contributed by atoms with van der Waals surface area (Å²) in [4.78, 5) is 4.54. The molecule has 8 heteroatoms. The van der Waals surface area contributed by atoms with Gasteiger partial charge in [0.15, 0.2) is 0 Å². The van der Waals surface area contributed by atoms with Crippen molar-refractivity contribution in [1.82, 2.24) is 19.9 Å². The molecule has 0 unspecified atom stereocenters. The maximum atomic E-state index is 6.12. The summed E-state index contributed by atoms with van der Waals surface area (Å²) in [7, 11) is 1.59. The fourth-order valence-electron chi connectivity index (χ4n) is 3.11. The lowest BCUT2D eigenvalue weighted by atomic mass is 10.1. The van der Waals surface area contributed by atoms with E-state index in [1.54, 1.807) is 25.3 Å². The molecule has 0 saturated heterocycles. The fraction of sp³-hybridized carbons (Fsp3) is 0.190. The minimum absolute atomic E-state index is 0.423. The fourth-order valence-corrected chi connectivity index (χ4v) is 3.57. The van der Waals surface area contributed by atoms with Gasteiger partial charge in [0.2, 0.25) is 5.82 Å². The van der Waals surface area contributed by atoms with Gasteiger partial charge in [-0.15, -0.1) is 0 Å². The number of halogens is 2. The molecular weight excluding hydrogens is 456 g/mol. The van der Waals surface area contributed by atoms with Crippen LogP contribution in [0.3, 0.4) is 0 Å². The van der Waals surface area contributed by atoms with E-state index in [1.165, 1.54) is 0 Å². The Balaban J connectivity index is 1.64. The minimum atomic E-state index is 0.423. The van der Waals surface area contributed by atoms with Crippen LogP contribution in [-0.2, 0) is 6.54 Å². The predicted molar refractivity (Wildman–Crippen MR) is 115 cm³/mol. The van der Waals surface area contributed by atoms with E-state index >= 15 is 0 Å². The van der Waals surface area contributed by atoms with E-state index in [2.05, 4.69) is 31.2 Å². The van der Waals surface area contributed by atoms with Crippen molar-refractivity contribution in [3.8, 4) is 28.6 Å². The summed E-state index contributed by atoms with van der Waals surface area (Å²) in [5, 5.41) is 9.25. The van der Waals surface area contributed by atoms with Gasteiger partial charge >= 0.3 is 0 Å². The van der Waals surface area contributed by atoms with Crippen molar-refractivity contribution in [2.45, 2.75) is 20.4 Å². The molecular formula is C21H18BrClN4O2. The van der Waals surface area contributed by atoms with Crippen LogP contribution in [0.5, 0.6) is 5.75 Å². The zero-order chi connectivity index (χ0) is 20.5. The Morgan fingerprint density at radius 2 is 2.00 bits per heavy atom. The second-order valence-corrected chi connectivity index (χ2v) is 7.84. The molecule has 0 bridgehead atoms. The molecule has 2 heterocycles. The quantitative estimate of drug-likeness (QED) is 0.372. The van der Waals surface area contributed by atoms with Crippen LogP contribution < -0.4 is 4.74 Å². The number of benzene rings is 2. The summed E-state index contributed by atoms with van der Waals surface area (Å²) in [6, 6.07) is 13.3. The second kappa shape index (κ2) is 8.00. The van der Waals surface area contributed by atoms with Crippen molar-refractivity contribution in [3.63, 3.8) is 0 Å². The SMILES string of the molecule is COc1ccc(Cl)cc1-c1noc(-c2cccc(Cn3nc(C)c(Br)c3C)c2)n1. The first-order valence-corrected chi connectivity index (χ1v) is 10.1. The van der Waals surface area contributed by atoms with Crippen molar-refractivity contribution < 1.29 is 9.26 Å². The molecule has 0 spiro atoms. The molecule has 6 nitrogen and oxygen atoms in total. The molecule has 0 fully saturated rings. The Kier molecular flexibility index (Phi) is 5.43. The van der Waals surface area contributed by atoms with Crippen LogP contribution in [-0.4, -0.2) is 27.0 Å². The molecule has 29 heavy (non-hydrogen) atoms. The van der Waals surface area contributed by atoms with Crippen LogP contribution in [0.25, 0.3) is 22.8 Å². The highest BCUT2D eigenvalue weighted by atomic mass is 79.9. The molecule has 0 amide bonds. The highest BCUT2D eigenvalue weighted by Gasteiger charge is 2.16. The Hall–Kier alpha value is -2.64. The van der Waals surface area contributed by atoms with Crippen molar-refractivity contribution in [1.29, 1.82) is 0 Å². The summed E-state index contributed by atoms with van der Waals surface area (Å²) in [6.07, 6.45) is 0. The molecule has 2 aromatic heterocycles. The Morgan fingerprint density at radius 3 is 2.72 bits per heavy atom. The normalized spacial score (nSPS) is 11.1. The number of nitrogens with zero attached hydrogens (tertiary/aromatic N) is 4. The van der Waals surface area contributed by atoms with Crippen LogP contribution in [0.2, 0.25) is 5.02 Å². The Labute approximate surface area is 181 Å². The second-order valence-electron chi connectivity index (χ2n) is 6.61. The summed E-state index contributed by atoms with van der Waals surface area (Å²) in [5.74, 6) is 1.48. The summed E-state index contributed by atoms with van der Waals surface area (Å²) in [5.41, 5.74) is 4.65. The zero-order valence-corrected chi connectivity index (χ0v) is 18.5. The van der Waals surface area contributed by atoms with Gasteiger partial charge in [0, 0.05) is 10.6 Å². The molecule has 0 aliphatic rings. The highest BCUT2D eigenvalue weighted by Crippen LogP contribution is 2.32. The molecule has 0 radical (unpaired) electrons. The number of methoxy groups -OCH3 is 1. The van der Waals surface area contributed by atoms with Crippen molar-refractivity contribution >= 4 is 27.5 Å². The Bertz CT molecular complexity index is 1190. The minimum Gasteiger partial charge on any atom is -0.496 e. The van der Waals surface area contributed by atoms with Crippen molar-refractivity contribution in [2.24, 2.45) is 0 Å². The van der Waals surface area contributed by atoms with Gasteiger partial charge in [-0.05, 0) is 65.7 Å². The number of aryl methyl sites for hydroxylation is 1. The predicted octanol–water partition coefficient (Wildman–Crippen LogP) is 5.69. The third-order valence-electron chi connectivity index (χ3n) is 4.63. The van der Waals surface area contributed by atoms with E-state index in [9.17, 15) is 0 Å². The lowest BCUT2D eigenvalue weighted by Gasteiger charge is -2.06. The highest BCUT2D eigenvalue weighted by molar-refractivity contribution is 9.10. The van der Waals surface area contributed by atoms with Gasteiger partial charge < -0.3 is 9.26 Å². The molecule has 2 aromatic carbocycles. The molecule has 148 valence electrons. The first kappa shape index (κ1) is 19.7. The lowest BCUT2D eigenvalue weighted by Crippen LogP contribution is -2.04. The topological polar surface area (TPSA) is 66.0 Å². The van der Waals surface area contributed by atoms with Crippen LogP contribution in [0.1, 0.15) is 17.0 Å². The van der Waals surface area contributed by atoms with Crippen molar-refractivity contribution in [2.75, 3.05) is 7.11 Å². The van der Waals surface area contributed by atoms with Crippen LogP contribution >= 0.6 is 27.5 Å². The number of aromatic nitrogens is 4. The van der Waals surface area contributed by atoms with E-state index in [4.69, 9.17) is 20.9 Å². The molecule has 0 atom stereocenters. The van der Waals surface area contributed by atoms with Crippen LogP contribution in [0.15, 0.2) is 51.5 Å². The largest absolute Gasteiger partial charge is 0.496 e. The standard InChI is InChI=1S/C21H18BrClN4O2/c1-12-19(22)13(2)27(25-12)11-14-5-4-6-15(9-14)21-24-20(26-29-21)17-10-16(23)7-8-18(17)28-3/h4-10H,11H2,1-3H3. The smallest absolute Gasteiger partial charge is 0.258 e. The maximum absolute atomic E-state index is 6.12. The first-order chi connectivity index (χ1) is 14.0. The average molecular weight is 474 g/mol. The van der Waals surface area contributed by atoms with Gasteiger partial charge in [-0.25, -0.2) is 0 Å². The van der Waals surface area contributed by atoms with Crippen LogP contribution in [0.4, 0.5) is 0 Å². The van der Waals surface area contributed by atoms with E-state index in [1.807, 2.05) is 42.8 Å². The van der Waals surface area contributed by atoms with Gasteiger partial charge in [-0.2, -0.15) is 10.1 Å². The third kappa shape index (κ3) is 3.93. The third-order valence-corrected chi connectivity index (χ3v) is 6.01. The van der Waals surface area contributed by atoms with E-state index < -0.39 is 0 Å². The van der Waals surface area contributed by atoms with E-state index in [-0.39, 0.29) is 0 Å². The number of hydrogen-bond donors (Lipinski definition) is 0. The van der Waals surface area contributed by atoms with E-state index in [0.29, 0.717) is 34.6 Å². The summed E-state index contributed by atoms with van der Waals surface area (Å²) in [6.45, 7) is 4.67. The van der Waals surface area contributed by atoms with E-state index in [0.717, 1.165) is 27.0 Å². The number of hydrogen-bond acceptors (Lipinski definition) is 5. The van der Waals surface area contributed by atoms with Crippen molar-refractivity contribution in [3.05, 3.63) is 68.9 Å². The average Bonchev–Trinajstić information content (AvgIpc) is 3.30. The van der Waals surface area contributed by atoms with Gasteiger partial charge in [0.25, 0.3) is 5.89 Å². The van der Waals surface area contributed by atoms with Gasteiger partial charge in [0.05, 0.1) is 35.1 Å². The summed E-state index contributed by atoms with van der Waals surface area (Å²) >= 11 is 9.69. The monoisotopic (exact) mass is 472 g/mol.